The highest BCUT2D eigenvalue weighted by Gasteiger charge is 2.45. The summed E-state index contributed by atoms with van der Waals surface area (Å²) in [5.74, 6) is 1.22. The molecule has 1 aliphatic heterocycles. The number of alkyl halides is 1. The van der Waals surface area contributed by atoms with Crippen molar-refractivity contribution >= 4 is 40.4 Å². The van der Waals surface area contributed by atoms with Crippen molar-refractivity contribution in [2.45, 2.75) is 96.0 Å². The number of benzene rings is 5. The molecule has 0 spiro atoms. The van der Waals surface area contributed by atoms with Gasteiger partial charge in [0.05, 0.1) is 23.1 Å². The van der Waals surface area contributed by atoms with Gasteiger partial charge in [-0.3, -0.25) is 4.90 Å². The minimum atomic E-state index is -0.628. The standard InChI is InChI=1S/C54H59ClN6O/c1-52(2)36-46(37-53(3,4)38-52)61-51(62)60(48-23-15-14-22-47(48)50(58-61)39-24-26-43(55)27-25-39)45-30-28-44(29-31-45)56-33-32-49-57-34-35-59(49)54(40-16-8-5-9-17-40,41-18-10-6-11-19-41)42-20-12-7-13-21-42/h5-23,28-31,34-35,39,43,46,56H,24-27,32-33,36-38H2,1-4H3. The number of anilines is 3. The Kier molecular flexibility index (Phi) is 11.6. The summed E-state index contributed by atoms with van der Waals surface area (Å²) in [6.07, 6.45) is 11.5. The van der Waals surface area contributed by atoms with Gasteiger partial charge in [0.2, 0.25) is 0 Å². The highest BCUT2D eigenvalue weighted by atomic mass is 35.5. The number of halogens is 1. The number of carbonyl (C=O) groups excluding carboxylic acids is 1. The Bertz CT molecular complexity index is 2380. The Morgan fingerprint density at radius 1 is 0.710 bits per heavy atom. The third-order valence-electron chi connectivity index (χ3n) is 13.4. The maximum atomic E-state index is 15.2. The summed E-state index contributed by atoms with van der Waals surface area (Å²) >= 11 is 6.64. The van der Waals surface area contributed by atoms with Crippen molar-refractivity contribution in [2.24, 2.45) is 21.8 Å². The molecule has 318 valence electrons. The normalized spacial score (nSPS) is 20.3. The number of urea groups is 1. The Morgan fingerprint density at radius 2 is 1.26 bits per heavy atom. The second-order valence-electron chi connectivity index (χ2n) is 19.2. The number of hydrazone groups is 1. The Balaban J connectivity index is 1.01. The van der Waals surface area contributed by atoms with Crippen LogP contribution in [-0.2, 0) is 12.0 Å². The number of rotatable bonds is 11. The lowest BCUT2D eigenvalue weighted by Gasteiger charge is -2.47. The number of imidazole rings is 1. The fourth-order valence-electron chi connectivity index (χ4n) is 11.2. The number of amides is 2. The van der Waals surface area contributed by atoms with Crippen molar-refractivity contribution in [1.82, 2.24) is 14.6 Å². The molecular formula is C54H59ClN6O. The first kappa shape index (κ1) is 41.7. The second kappa shape index (κ2) is 17.2. The quantitative estimate of drug-likeness (QED) is 0.104. The number of hydrogen-bond donors (Lipinski definition) is 1. The van der Waals surface area contributed by atoms with Crippen LogP contribution < -0.4 is 10.2 Å². The van der Waals surface area contributed by atoms with Gasteiger partial charge in [-0.05, 0) is 103 Å². The van der Waals surface area contributed by atoms with Crippen LogP contribution in [0.3, 0.4) is 0 Å². The van der Waals surface area contributed by atoms with Gasteiger partial charge >= 0.3 is 6.03 Å². The van der Waals surface area contributed by atoms with Crippen LogP contribution in [0, 0.1) is 16.7 Å². The first-order valence-electron chi connectivity index (χ1n) is 22.5. The van der Waals surface area contributed by atoms with Gasteiger partial charge in [0.15, 0.2) is 0 Å². The van der Waals surface area contributed by atoms with E-state index >= 15 is 4.79 Å². The van der Waals surface area contributed by atoms with Gasteiger partial charge < -0.3 is 9.88 Å². The smallest absolute Gasteiger partial charge is 0.349 e. The summed E-state index contributed by atoms with van der Waals surface area (Å²) in [5.41, 5.74) is 7.77. The van der Waals surface area contributed by atoms with Crippen LogP contribution in [0.4, 0.5) is 21.9 Å². The molecule has 1 N–H and O–H groups in total. The van der Waals surface area contributed by atoms with Crippen molar-refractivity contribution < 1.29 is 4.79 Å². The molecule has 2 heterocycles. The van der Waals surface area contributed by atoms with Crippen LogP contribution in [0.25, 0.3) is 0 Å². The molecule has 2 aliphatic carbocycles. The highest BCUT2D eigenvalue weighted by Crippen LogP contribution is 2.49. The highest BCUT2D eigenvalue weighted by molar-refractivity contribution is 6.20. The van der Waals surface area contributed by atoms with E-state index in [9.17, 15) is 0 Å². The molecule has 8 heteroatoms. The number of para-hydroxylation sites is 1. The molecule has 2 amide bonds. The van der Waals surface area contributed by atoms with E-state index in [4.69, 9.17) is 21.7 Å². The first-order valence-corrected chi connectivity index (χ1v) is 22.9. The number of nitrogens with zero attached hydrogens (tertiary/aromatic N) is 5. The van der Waals surface area contributed by atoms with E-state index in [0.717, 1.165) is 79.1 Å². The fourth-order valence-corrected chi connectivity index (χ4v) is 11.5. The maximum Gasteiger partial charge on any atom is 0.349 e. The molecule has 0 saturated heterocycles. The van der Waals surface area contributed by atoms with Gasteiger partial charge in [0, 0.05) is 47.9 Å². The van der Waals surface area contributed by atoms with Gasteiger partial charge in [0.25, 0.3) is 0 Å². The summed E-state index contributed by atoms with van der Waals surface area (Å²) in [6.45, 7) is 10.0. The third kappa shape index (κ3) is 8.20. The lowest BCUT2D eigenvalue weighted by atomic mass is 9.63. The molecule has 9 rings (SSSR count). The van der Waals surface area contributed by atoms with Gasteiger partial charge in [0.1, 0.15) is 11.4 Å². The minimum Gasteiger partial charge on any atom is -0.385 e. The zero-order chi connectivity index (χ0) is 42.9. The molecule has 0 radical (unpaired) electrons. The summed E-state index contributed by atoms with van der Waals surface area (Å²) in [6, 6.07) is 48.7. The minimum absolute atomic E-state index is 0.0182. The second-order valence-corrected chi connectivity index (χ2v) is 19.8. The van der Waals surface area contributed by atoms with Crippen LogP contribution in [0.1, 0.15) is 101 Å². The SMILES string of the molecule is CC1(C)CC(N2N=C(C3CCC(Cl)CC3)c3ccccc3N(c3ccc(NCCc4nccn4C(c4ccccc4)(c4ccccc4)c4ccccc4)cc3)C2=O)CC(C)(C)C1. The molecule has 6 aromatic rings. The summed E-state index contributed by atoms with van der Waals surface area (Å²) in [7, 11) is 0. The van der Waals surface area contributed by atoms with Crippen LogP contribution in [-0.4, -0.2) is 44.3 Å². The van der Waals surface area contributed by atoms with Gasteiger partial charge in [-0.25, -0.2) is 14.8 Å². The van der Waals surface area contributed by atoms with Crippen LogP contribution in [0.15, 0.2) is 157 Å². The van der Waals surface area contributed by atoms with Crippen LogP contribution >= 0.6 is 11.6 Å². The van der Waals surface area contributed by atoms with Gasteiger partial charge in [-0.15, -0.1) is 11.6 Å². The number of aromatic nitrogens is 2. The molecule has 1 aromatic heterocycles. The molecule has 5 aromatic carbocycles. The molecule has 2 fully saturated rings. The van der Waals surface area contributed by atoms with E-state index in [2.05, 4.69) is 177 Å². The monoisotopic (exact) mass is 842 g/mol. The molecule has 7 nitrogen and oxygen atoms in total. The van der Waals surface area contributed by atoms with E-state index in [1.807, 2.05) is 22.2 Å². The predicted octanol–water partition coefficient (Wildman–Crippen LogP) is 13.1. The zero-order valence-corrected chi connectivity index (χ0v) is 37.3. The molecule has 2 saturated carbocycles. The predicted molar refractivity (Wildman–Crippen MR) is 255 cm³/mol. The zero-order valence-electron chi connectivity index (χ0n) is 36.6. The maximum absolute atomic E-state index is 15.2. The first-order chi connectivity index (χ1) is 30.0. The Labute approximate surface area is 372 Å². The van der Waals surface area contributed by atoms with Crippen LogP contribution in [0.2, 0.25) is 0 Å². The number of fused-ring (bicyclic) bond motifs is 1. The van der Waals surface area contributed by atoms with E-state index < -0.39 is 5.54 Å². The molecule has 0 bridgehead atoms. The Morgan fingerprint density at radius 3 is 1.84 bits per heavy atom. The lowest BCUT2D eigenvalue weighted by molar-refractivity contribution is 0.0423. The fraction of sp³-hybridized carbons (Fsp3) is 0.352. The average Bonchev–Trinajstić information content (AvgIpc) is 3.69. The average molecular weight is 844 g/mol. The lowest BCUT2D eigenvalue weighted by Crippen LogP contribution is -2.49. The molecule has 62 heavy (non-hydrogen) atoms. The van der Waals surface area contributed by atoms with Crippen molar-refractivity contribution in [3.8, 4) is 0 Å². The summed E-state index contributed by atoms with van der Waals surface area (Å²) < 4.78 is 2.35. The van der Waals surface area contributed by atoms with E-state index in [1.165, 1.54) is 16.7 Å². The summed E-state index contributed by atoms with van der Waals surface area (Å²) in [5, 5.41) is 11.2. The van der Waals surface area contributed by atoms with E-state index in [0.29, 0.717) is 13.0 Å². The molecule has 0 atom stereocenters. The third-order valence-corrected chi connectivity index (χ3v) is 13.8. The van der Waals surface area contributed by atoms with E-state index in [1.54, 1.807) is 0 Å². The van der Waals surface area contributed by atoms with Crippen molar-refractivity contribution in [3.05, 3.63) is 180 Å². The Hall–Kier alpha value is -5.66. The largest absolute Gasteiger partial charge is 0.385 e. The topological polar surface area (TPSA) is 65.8 Å². The van der Waals surface area contributed by atoms with Crippen molar-refractivity contribution in [2.75, 3.05) is 16.8 Å². The molecule has 3 aliphatic rings. The van der Waals surface area contributed by atoms with Crippen LogP contribution in [0.5, 0.6) is 0 Å². The number of nitrogens with one attached hydrogen (secondary N) is 1. The number of hydrogen-bond acceptors (Lipinski definition) is 4. The van der Waals surface area contributed by atoms with Gasteiger partial charge in [-0.1, -0.05) is 137 Å². The van der Waals surface area contributed by atoms with Crippen molar-refractivity contribution in [1.29, 1.82) is 0 Å². The van der Waals surface area contributed by atoms with E-state index in [-0.39, 0.29) is 34.2 Å². The van der Waals surface area contributed by atoms with Crippen molar-refractivity contribution in [3.63, 3.8) is 0 Å². The summed E-state index contributed by atoms with van der Waals surface area (Å²) in [4.78, 5) is 22.1. The molecule has 0 unspecified atom stereocenters. The van der Waals surface area contributed by atoms with Gasteiger partial charge in [-0.2, -0.15) is 5.10 Å². The number of carbonyl (C=O) groups is 1. The molecular weight excluding hydrogens is 784 g/mol.